The van der Waals surface area contributed by atoms with Gasteiger partial charge in [-0.25, -0.2) is 9.18 Å². The zero-order valence-electron chi connectivity index (χ0n) is 10.1. The van der Waals surface area contributed by atoms with E-state index in [4.69, 9.17) is 9.84 Å². The number of halogens is 1. The lowest BCUT2D eigenvalue weighted by Crippen LogP contribution is -1.91. The fraction of sp³-hybridized carbons (Fsp3) is 0.154. The van der Waals surface area contributed by atoms with E-state index >= 15 is 0 Å². The standard InChI is InChI=1S/C13H11FO3S2/c1-17-11-3-2-9(14)4-8(11)6-18-10-5-12(13(15)16)19-7-10/h2-5,7H,6H2,1H3,(H,15,16). The number of ether oxygens (including phenoxy) is 1. The van der Waals surface area contributed by atoms with Gasteiger partial charge in [0.1, 0.15) is 16.4 Å². The SMILES string of the molecule is COc1ccc(F)cc1CSc1csc(C(=O)O)c1. The predicted octanol–water partition coefficient (Wildman–Crippen LogP) is 3.89. The summed E-state index contributed by atoms with van der Waals surface area (Å²) in [6.45, 7) is 0. The summed E-state index contributed by atoms with van der Waals surface area (Å²) in [4.78, 5) is 11.9. The van der Waals surface area contributed by atoms with E-state index in [1.54, 1.807) is 17.5 Å². The Labute approximate surface area is 118 Å². The Morgan fingerprint density at radius 2 is 2.26 bits per heavy atom. The van der Waals surface area contributed by atoms with Gasteiger partial charge in [0.05, 0.1) is 7.11 Å². The van der Waals surface area contributed by atoms with E-state index in [1.165, 1.54) is 42.3 Å². The van der Waals surface area contributed by atoms with Gasteiger partial charge in [-0.1, -0.05) is 0 Å². The molecule has 0 aliphatic heterocycles. The van der Waals surface area contributed by atoms with Crippen LogP contribution in [-0.4, -0.2) is 18.2 Å². The maximum absolute atomic E-state index is 13.2. The number of benzene rings is 1. The Morgan fingerprint density at radius 1 is 1.47 bits per heavy atom. The first-order chi connectivity index (χ1) is 9.10. The first-order valence-corrected chi connectivity index (χ1v) is 7.23. The Balaban J connectivity index is 2.09. The molecule has 1 N–H and O–H groups in total. The van der Waals surface area contributed by atoms with Crippen molar-refractivity contribution in [2.75, 3.05) is 7.11 Å². The number of thioether (sulfide) groups is 1. The first-order valence-electron chi connectivity index (χ1n) is 5.37. The van der Waals surface area contributed by atoms with E-state index in [2.05, 4.69) is 0 Å². The van der Waals surface area contributed by atoms with E-state index < -0.39 is 5.97 Å². The molecule has 0 radical (unpaired) electrons. The molecule has 2 rings (SSSR count). The second kappa shape index (κ2) is 6.08. The number of hydrogen-bond acceptors (Lipinski definition) is 4. The van der Waals surface area contributed by atoms with Crippen molar-refractivity contribution in [3.63, 3.8) is 0 Å². The number of carboxylic acids is 1. The Kier molecular flexibility index (Phi) is 4.44. The molecule has 0 fully saturated rings. The van der Waals surface area contributed by atoms with Crippen LogP contribution in [0.1, 0.15) is 15.2 Å². The highest BCUT2D eigenvalue weighted by atomic mass is 32.2. The van der Waals surface area contributed by atoms with Crippen LogP contribution in [0.25, 0.3) is 0 Å². The van der Waals surface area contributed by atoms with Crippen molar-refractivity contribution in [2.45, 2.75) is 10.6 Å². The lowest BCUT2D eigenvalue weighted by molar-refractivity contribution is 0.0702. The minimum absolute atomic E-state index is 0.300. The molecule has 0 atom stereocenters. The van der Waals surface area contributed by atoms with Gasteiger partial charge in [0.25, 0.3) is 0 Å². The highest BCUT2D eigenvalue weighted by molar-refractivity contribution is 7.98. The molecule has 0 spiro atoms. The molecule has 0 bridgehead atoms. The van der Waals surface area contributed by atoms with Crippen molar-refractivity contribution in [2.24, 2.45) is 0 Å². The van der Waals surface area contributed by atoms with E-state index in [-0.39, 0.29) is 5.82 Å². The smallest absolute Gasteiger partial charge is 0.345 e. The average Bonchev–Trinajstić information content (AvgIpc) is 2.85. The molecule has 2 aromatic rings. The van der Waals surface area contributed by atoms with Crippen LogP contribution in [0, 0.1) is 5.82 Å². The van der Waals surface area contributed by atoms with Gasteiger partial charge in [0.2, 0.25) is 0 Å². The van der Waals surface area contributed by atoms with Gasteiger partial charge in [-0.3, -0.25) is 0 Å². The Bertz CT molecular complexity index is 595. The van der Waals surface area contributed by atoms with Crippen LogP contribution in [0.15, 0.2) is 34.5 Å². The fourth-order valence-electron chi connectivity index (χ4n) is 1.53. The third-order valence-corrected chi connectivity index (χ3v) is 4.51. The molecule has 0 amide bonds. The molecule has 0 aliphatic carbocycles. The van der Waals surface area contributed by atoms with Gasteiger partial charge >= 0.3 is 5.97 Å². The zero-order valence-corrected chi connectivity index (χ0v) is 11.7. The number of aromatic carboxylic acids is 1. The molecule has 3 nitrogen and oxygen atoms in total. The third-order valence-electron chi connectivity index (χ3n) is 2.42. The molecule has 100 valence electrons. The van der Waals surface area contributed by atoms with Crippen molar-refractivity contribution in [3.8, 4) is 5.75 Å². The fourth-order valence-corrected chi connectivity index (χ4v) is 3.37. The molecule has 6 heteroatoms. The zero-order chi connectivity index (χ0) is 13.8. The Hall–Kier alpha value is -1.53. The predicted molar refractivity (Wildman–Crippen MR) is 73.8 cm³/mol. The summed E-state index contributed by atoms with van der Waals surface area (Å²) in [5, 5.41) is 10.6. The summed E-state index contributed by atoms with van der Waals surface area (Å²) < 4.78 is 18.3. The normalized spacial score (nSPS) is 10.4. The highest BCUT2D eigenvalue weighted by Gasteiger charge is 2.09. The van der Waals surface area contributed by atoms with Crippen molar-refractivity contribution >= 4 is 29.1 Å². The summed E-state index contributed by atoms with van der Waals surface area (Å²) in [6, 6.07) is 5.97. The number of hydrogen-bond donors (Lipinski definition) is 1. The first kappa shape index (κ1) is 13.9. The molecule has 0 aliphatic rings. The van der Waals surface area contributed by atoms with Crippen LogP contribution in [-0.2, 0) is 5.75 Å². The van der Waals surface area contributed by atoms with Crippen LogP contribution in [0.3, 0.4) is 0 Å². The lowest BCUT2D eigenvalue weighted by atomic mass is 10.2. The summed E-state index contributed by atoms with van der Waals surface area (Å²) >= 11 is 2.63. The topological polar surface area (TPSA) is 46.5 Å². The minimum Gasteiger partial charge on any atom is -0.496 e. The van der Waals surface area contributed by atoms with Gasteiger partial charge in [-0.05, 0) is 24.3 Å². The summed E-state index contributed by atoms with van der Waals surface area (Å²) in [5.41, 5.74) is 0.746. The number of carbonyl (C=O) groups is 1. The molecule has 0 saturated heterocycles. The molecule has 0 saturated carbocycles. The summed E-state index contributed by atoms with van der Waals surface area (Å²) in [6.07, 6.45) is 0. The van der Waals surface area contributed by atoms with Crippen LogP contribution in [0.4, 0.5) is 4.39 Å². The monoisotopic (exact) mass is 298 g/mol. The van der Waals surface area contributed by atoms with Gasteiger partial charge in [-0.15, -0.1) is 23.1 Å². The van der Waals surface area contributed by atoms with Crippen molar-refractivity contribution in [1.82, 2.24) is 0 Å². The second-order valence-corrected chi connectivity index (χ2v) is 5.66. The van der Waals surface area contributed by atoms with Crippen LogP contribution in [0.2, 0.25) is 0 Å². The average molecular weight is 298 g/mol. The third kappa shape index (κ3) is 3.48. The van der Waals surface area contributed by atoms with Crippen LogP contribution >= 0.6 is 23.1 Å². The number of carboxylic acid groups (broad SMARTS) is 1. The van der Waals surface area contributed by atoms with E-state index in [9.17, 15) is 9.18 Å². The summed E-state index contributed by atoms with van der Waals surface area (Å²) in [5.74, 6) is -0.0905. The molecular weight excluding hydrogens is 287 g/mol. The minimum atomic E-state index is -0.930. The van der Waals surface area contributed by atoms with Crippen LogP contribution < -0.4 is 4.74 Å². The maximum Gasteiger partial charge on any atom is 0.345 e. The largest absolute Gasteiger partial charge is 0.496 e. The van der Waals surface area contributed by atoms with Crippen LogP contribution in [0.5, 0.6) is 5.75 Å². The van der Waals surface area contributed by atoms with Crippen molar-refractivity contribution < 1.29 is 19.0 Å². The molecule has 0 unspecified atom stereocenters. The Morgan fingerprint density at radius 3 is 2.89 bits per heavy atom. The molecule has 1 heterocycles. The number of methoxy groups -OCH3 is 1. The molecule has 1 aromatic heterocycles. The van der Waals surface area contributed by atoms with Crippen molar-refractivity contribution in [1.29, 1.82) is 0 Å². The van der Waals surface area contributed by atoms with E-state index in [1.807, 2.05) is 0 Å². The number of rotatable bonds is 5. The van der Waals surface area contributed by atoms with Gasteiger partial charge < -0.3 is 9.84 Å². The lowest BCUT2D eigenvalue weighted by Gasteiger charge is -2.07. The van der Waals surface area contributed by atoms with Gasteiger partial charge in [-0.2, -0.15) is 0 Å². The molecular formula is C13H11FO3S2. The summed E-state index contributed by atoms with van der Waals surface area (Å²) in [7, 11) is 1.54. The molecule has 1 aromatic carbocycles. The van der Waals surface area contributed by atoms with E-state index in [0.29, 0.717) is 16.4 Å². The molecule has 19 heavy (non-hydrogen) atoms. The highest BCUT2D eigenvalue weighted by Crippen LogP contribution is 2.31. The maximum atomic E-state index is 13.2. The second-order valence-electron chi connectivity index (χ2n) is 3.70. The van der Waals surface area contributed by atoms with Crippen molar-refractivity contribution in [3.05, 3.63) is 45.9 Å². The number of thiophene rings is 1. The van der Waals surface area contributed by atoms with Gasteiger partial charge in [0.15, 0.2) is 0 Å². The van der Waals surface area contributed by atoms with E-state index in [0.717, 1.165) is 10.5 Å². The quantitative estimate of drug-likeness (QED) is 0.851. The van der Waals surface area contributed by atoms with Gasteiger partial charge in [0, 0.05) is 21.6 Å².